The van der Waals surface area contributed by atoms with Crippen molar-refractivity contribution in [1.82, 2.24) is 0 Å². The summed E-state index contributed by atoms with van der Waals surface area (Å²) in [5.74, 6) is -0.699. The van der Waals surface area contributed by atoms with E-state index in [1.165, 1.54) is 48.8 Å². The molecule has 2 heterocycles. The van der Waals surface area contributed by atoms with E-state index in [2.05, 4.69) is 9.98 Å². The van der Waals surface area contributed by atoms with Gasteiger partial charge in [0.15, 0.2) is 12.6 Å². The molecule has 2 aliphatic heterocycles. The van der Waals surface area contributed by atoms with E-state index in [1.807, 2.05) is 0 Å². The Morgan fingerprint density at radius 1 is 0.604 bits per heavy atom. The van der Waals surface area contributed by atoms with Crippen molar-refractivity contribution >= 4 is 23.8 Å². The van der Waals surface area contributed by atoms with Gasteiger partial charge in [-0.25, -0.2) is 0 Å². The summed E-state index contributed by atoms with van der Waals surface area (Å²) in [4.78, 5) is 8.84. The molecule has 3 aromatic carbocycles. The van der Waals surface area contributed by atoms with Crippen LogP contribution in [-0.2, 0) is 43.1 Å². The van der Waals surface area contributed by atoms with Crippen LogP contribution in [0.4, 0.5) is 11.4 Å². The van der Waals surface area contributed by atoms with Gasteiger partial charge < -0.3 is 81.0 Å². The van der Waals surface area contributed by atoms with E-state index >= 15 is 0 Å². The van der Waals surface area contributed by atoms with Crippen molar-refractivity contribution in [2.45, 2.75) is 74.6 Å². The Hall–Kier alpha value is -2.91. The van der Waals surface area contributed by atoms with Crippen LogP contribution in [0.2, 0.25) is 0 Å². The Morgan fingerprint density at radius 3 is 1.34 bits per heavy atom. The number of aliphatic imine (C=N–C) groups is 2. The topological polar surface area (TPSA) is 327 Å². The van der Waals surface area contributed by atoms with Crippen LogP contribution < -0.4 is 10.2 Å². The molecule has 3 aromatic rings. The van der Waals surface area contributed by atoms with Gasteiger partial charge in [-0.2, -0.15) is 0 Å². The van der Waals surface area contributed by atoms with Crippen LogP contribution in [0.5, 0.6) is 11.5 Å². The second-order valence-electron chi connectivity index (χ2n) is 11.8. The number of ether oxygens (including phenoxy) is 4. The molecule has 18 nitrogen and oxygen atoms in total. The fourth-order valence-electron chi connectivity index (χ4n) is 5.45. The van der Waals surface area contributed by atoms with Crippen molar-refractivity contribution in [2.24, 2.45) is 9.98 Å². The van der Waals surface area contributed by atoms with Gasteiger partial charge in [0.2, 0.25) is 0 Å². The Balaban J connectivity index is 0.00000324. The van der Waals surface area contributed by atoms with Crippen molar-refractivity contribution < 1.29 is 112 Å². The number of hydrogen-bond acceptors (Lipinski definition) is 16. The molecule has 19 heteroatoms. The third kappa shape index (κ3) is 11.3. The molecule has 0 spiro atoms. The van der Waals surface area contributed by atoms with Gasteiger partial charge in [0, 0.05) is 43.5 Å². The van der Waals surface area contributed by atoms with Crippen molar-refractivity contribution in [3.63, 3.8) is 0 Å². The van der Waals surface area contributed by atoms with Gasteiger partial charge in [0.25, 0.3) is 0 Å². The predicted molar refractivity (Wildman–Crippen MR) is 171 cm³/mol. The van der Waals surface area contributed by atoms with E-state index in [4.69, 9.17) is 18.9 Å². The number of rotatable bonds is 12. The third-order valence-corrected chi connectivity index (χ3v) is 8.28. The van der Waals surface area contributed by atoms with Crippen molar-refractivity contribution in [2.75, 3.05) is 13.2 Å². The number of aliphatic hydroxyl groups is 8. The first kappa shape index (κ1) is 46.2. The maximum absolute atomic E-state index is 12.6. The number of benzene rings is 3. The number of hydrogen-bond donors (Lipinski definition) is 8. The minimum atomic E-state index is -1.67. The summed E-state index contributed by atoms with van der Waals surface area (Å²) in [6, 6.07) is 15.3. The molecular weight excluding hydrogens is 930 g/mol. The molecule has 53 heavy (non-hydrogen) atoms. The zero-order valence-electron chi connectivity index (χ0n) is 27.8. The summed E-state index contributed by atoms with van der Waals surface area (Å²) in [6.07, 6.45) is -11.5. The standard InChI is InChI=1S/C34H40N2O14.2O.U/c37-13-25-27(41)31(29(43)33(45)49-25)47-15-17-5-7-23(39)19(9-17)11-35-21-3-1-2-4-22(21)36-12-20-10-18(6-8-24(20)40)16-48-32-28(42)26(14-38)50-34(46)30(32)44;;;/h1-12,25-34,37-46H,13-16H2;;;/q;2*-2;/p-2/t25-,26-,27-,28-,29-,30-,31+,32+,33?,34?;;;/m1.../s1. The summed E-state index contributed by atoms with van der Waals surface area (Å²) < 4.78 is 21.2. The minimum absolute atomic E-state index is 0. The van der Waals surface area contributed by atoms with Crippen molar-refractivity contribution in [1.29, 1.82) is 0 Å². The van der Waals surface area contributed by atoms with E-state index in [0.29, 0.717) is 22.5 Å². The molecule has 2 unspecified atom stereocenters. The Morgan fingerprint density at radius 2 is 0.981 bits per heavy atom. The zero-order chi connectivity index (χ0) is 35.9. The molecular formula is C34H38N2O16U-6. The summed E-state index contributed by atoms with van der Waals surface area (Å²) in [6.45, 7) is -1.52. The molecule has 0 bridgehead atoms. The van der Waals surface area contributed by atoms with E-state index < -0.39 is 74.6 Å². The molecule has 0 aromatic heterocycles. The first-order valence-electron chi connectivity index (χ1n) is 15.6. The van der Waals surface area contributed by atoms with E-state index in [9.17, 15) is 51.1 Å². The fourth-order valence-corrected chi connectivity index (χ4v) is 5.45. The molecule has 0 radical (unpaired) electrons. The van der Waals surface area contributed by atoms with Crippen LogP contribution in [-0.4, -0.2) is 128 Å². The number of aliphatic hydroxyl groups excluding tert-OH is 8. The smallest absolute Gasteiger partial charge is 0.184 e. The normalized spacial score (nSPS) is 28.6. The SMILES string of the molecule is [O-2].[O-2].[O-]c1ccc(CO[C@H]2[C@H](O)[C@@H](CO)OC(O)[C@@H]2O)cc1C=Nc1ccccc1N=Cc1cc(CO[C@H]2[C@H](O)[C@@H](CO)OC(O)[C@@H]2O)ccc1[O-].[U]. The van der Waals surface area contributed by atoms with Crippen LogP contribution in [0.25, 0.3) is 0 Å². The van der Waals surface area contributed by atoms with Crippen molar-refractivity contribution in [3.8, 4) is 11.5 Å². The van der Waals surface area contributed by atoms with E-state index in [1.54, 1.807) is 24.3 Å². The van der Waals surface area contributed by atoms with Crippen molar-refractivity contribution in [3.05, 3.63) is 82.9 Å². The van der Waals surface area contributed by atoms with Gasteiger partial charge in [-0.05, 0) is 46.5 Å². The molecule has 2 aliphatic rings. The molecule has 2 saturated heterocycles. The molecule has 0 aliphatic carbocycles. The largest absolute Gasteiger partial charge is 2.00 e. The van der Waals surface area contributed by atoms with Gasteiger partial charge >= 0.3 is 0 Å². The fraction of sp³-hybridized carbons (Fsp3) is 0.412. The Labute approximate surface area is 326 Å². The van der Waals surface area contributed by atoms with E-state index in [-0.39, 0.29) is 77.9 Å². The van der Waals surface area contributed by atoms with Gasteiger partial charge in [0.1, 0.15) is 48.8 Å². The average Bonchev–Trinajstić information content (AvgIpc) is 3.11. The monoisotopic (exact) mass is 968 g/mol. The van der Waals surface area contributed by atoms with Gasteiger partial charge in [0.05, 0.1) is 37.8 Å². The van der Waals surface area contributed by atoms with Crippen LogP contribution in [0.3, 0.4) is 0 Å². The molecule has 8 N–H and O–H groups in total. The number of nitrogens with zero attached hydrogens (tertiary/aromatic N) is 2. The third-order valence-electron chi connectivity index (χ3n) is 8.28. The summed E-state index contributed by atoms with van der Waals surface area (Å²) in [5.41, 5.74) is 2.12. The summed E-state index contributed by atoms with van der Waals surface area (Å²) >= 11 is 0. The molecule has 5 rings (SSSR count). The van der Waals surface area contributed by atoms with E-state index in [0.717, 1.165) is 0 Å². The molecule has 290 valence electrons. The average molecular weight is 969 g/mol. The molecule has 10 atom stereocenters. The Kier molecular flexibility index (Phi) is 18.5. The first-order valence-corrected chi connectivity index (χ1v) is 15.6. The van der Waals surface area contributed by atoms with Crippen LogP contribution in [0.1, 0.15) is 22.3 Å². The summed E-state index contributed by atoms with van der Waals surface area (Å²) in [7, 11) is 0. The maximum atomic E-state index is 12.6. The first-order chi connectivity index (χ1) is 24.0. The zero-order valence-corrected chi connectivity index (χ0v) is 31.9. The quantitative estimate of drug-likeness (QED) is 0.0889. The van der Waals surface area contributed by atoms with Crippen LogP contribution >= 0.6 is 0 Å². The van der Waals surface area contributed by atoms with Gasteiger partial charge in [-0.1, -0.05) is 36.4 Å². The van der Waals surface area contributed by atoms with Crippen LogP contribution in [0.15, 0.2) is 70.6 Å². The number of para-hydroxylation sites is 2. The van der Waals surface area contributed by atoms with Crippen LogP contribution in [0, 0.1) is 31.1 Å². The Bertz CT molecular complexity index is 1530. The summed E-state index contributed by atoms with van der Waals surface area (Å²) in [5, 5.41) is 105. The molecule has 0 saturated carbocycles. The molecule has 2 fully saturated rings. The predicted octanol–water partition coefficient (Wildman–Crippen LogP) is -2.27. The maximum Gasteiger partial charge on any atom is 0.184 e. The minimum Gasteiger partial charge on any atom is -2.00 e. The second kappa shape index (κ2) is 21.3. The van der Waals surface area contributed by atoms with Gasteiger partial charge in [-0.3, -0.25) is 9.98 Å². The molecule has 0 amide bonds. The van der Waals surface area contributed by atoms with Gasteiger partial charge in [-0.15, -0.1) is 11.5 Å². The second-order valence-corrected chi connectivity index (χ2v) is 11.8.